The molecule has 0 amide bonds. The molecule has 2 N–H and O–H groups in total. The van der Waals surface area contributed by atoms with Crippen molar-refractivity contribution in [3.8, 4) is 0 Å². The highest BCUT2D eigenvalue weighted by Crippen LogP contribution is 2.20. The lowest BCUT2D eigenvalue weighted by Crippen LogP contribution is -2.21. The summed E-state index contributed by atoms with van der Waals surface area (Å²) in [6.45, 7) is 3.17. The van der Waals surface area contributed by atoms with Gasteiger partial charge in [0.25, 0.3) is 0 Å². The van der Waals surface area contributed by atoms with Crippen molar-refractivity contribution in [3.05, 3.63) is 34.6 Å². The Labute approximate surface area is 117 Å². The Balaban J connectivity index is 2.27. The van der Waals surface area contributed by atoms with Gasteiger partial charge in [0.1, 0.15) is 5.82 Å². The topological polar surface area (TPSA) is 32.3 Å². The van der Waals surface area contributed by atoms with E-state index in [0.717, 1.165) is 30.0 Å². The molecule has 1 unspecified atom stereocenters. The SMILES string of the molecule is CC(NCCSCCCO)c1ccc(F)c(Cl)c1. The summed E-state index contributed by atoms with van der Waals surface area (Å²) in [5, 5.41) is 12.2. The van der Waals surface area contributed by atoms with Crippen LogP contribution in [-0.2, 0) is 0 Å². The van der Waals surface area contributed by atoms with Crippen LogP contribution in [0.3, 0.4) is 0 Å². The Bertz CT molecular complexity index is 365. The average Bonchev–Trinajstić information content (AvgIpc) is 2.36. The third-order valence-corrected chi connectivity index (χ3v) is 3.95. The first kappa shape index (κ1) is 15.8. The molecule has 0 heterocycles. The van der Waals surface area contributed by atoms with Crippen molar-refractivity contribution in [1.29, 1.82) is 0 Å². The lowest BCUT2D eigenvalue weighted by molar-refractivity contribution is 0.296. The fourth-order valence-electron chi connectivity index (χ4n) is 1.52. The maximum atomic E-state index is 13.0. The first-order chi connectivity index (χ1) is 8.65. The first-order valence-electron chi connectivity index (χ1n) is 6.02. The molecule has 1 rings (SSSR count). The van der Waals surface area contributed by atoms with E-state index < -0.39 is 0 Å². The van der Waals surface area contributed by atoms with E-state index >= 15 is 0 Å². The van der Waals surface area contributed by atoms with Crippen LogP contribution in [0.5, 0.6) is 0 Å². The highest BCUT2D eigenvalue weighted by Gasteiger charge is 2.07. The molecule has 0 bridgehead atoms. The molecule has 0 aliphatic rings. The van der Waals surface area contributed by atoms with Gasteiger partial charge in [-0.05, 0) is 36.8 Å². The van der Waals surface area contributed by atoms with Gasteiger partial charge in [0.15, 0.2) is 0 Å². The first-order valence-corrected chi connectivity index (χ1v) is 7.55. The number of aliphatic hydroxyl groups excluding tert-OH is 1. The van der Waals surface area contributed by atoms with E-state index in [0.29, 0.717) is 0 Å². The minimum absolute atomic E-state index is 0.154. The van der Waals surface area contributed by atoms with Crippen LogP contribution in [0.2, 0.25) is 5.02 Å². The van der Waals surface area contributed by atoms with E-state index in [4.69, 9.17) is 16.7 Å². The van der Waals surface area contributed by atoms with Crippen LogP contribution in [0.1, 0.15) is 24.9 Å². The zero-order valence-corrected chi connectivity index (χ0v) is 12.0. The van der Waals surface area contributed by atoms with Crippen molar-refractivity contribution in [3.63, 3.8) is 0 Å². The van der Waals surface area contributed by atoms with E-state index in [1.54, 1.807) is 12.1 Å². The van der Waals surface area contributed by atoms with Crippen LogP contribution in [0.15, 0.2) is 18.2 Å². The van der Waals surface area contributed by atoms with Crippen LogP contribution in [0.4, 0.5) is 4.39 Å². The van der Waals surface area contributed by atoms with Crippen LogP contribution in [0, 0.1) is 5.82 Å². The Kier molecular flexibility index (Phi) is 7.66. The summed E-state index contributed by atoms with van der Waals surface area (Å²) in [4.78, 5) is 0. The number of benzene rings is 1. The molecule has 0 spiro atoms. The number of thioether (sulfide) groups is 1. The van der Waals surface area contributed by atoms with Crippen LogP contribution in [0.25, 0.3) is 0 Å². The summed E-state index contributed by atoms with van der Waals surface area (Å²) in [6, 6.07) is 4.96. The van der Waals surface area contributed by atoms with Gasteiger partial charge < -0.3 is 10.4 Å². The zero-order chi connectivity index (χ0) is 13.4. The van der Waals surface area contributed by atoms with Crippen molar-refractivity contribution in [2.75, 3.05) is 24.7 Å². The smallest absolute Gasteiger partial charge is 0.141 e. The molecule has 1 atom stereocenters. The van der Waals surface area contributed by atoms with Crippen LogP contribution in [-0.4, -0.2) is 29.8 Å². The molecule has 1 aromatic carbocycles. The summed E-state index contributed by atoms with van der Waals surface area (Å²) in [6.07, 6.45) is 0.841. The van der Waals surface area contributed by atoms with Gasteiger partial charge >= 0.3 is 0 Å². The van der Waals surface area contributed by atoms with Gasteiger partial charge in [-0.1, -0.05) is 17.7 Å². The van der Waals surface area contributed by atoms with Gasteiger partial charge in [0.05, 0.1) is 5.02 Å². The average molecular weight is 292 g/mol. The van der Waals surface area contributed by atoms with Gasteiger partial charge in [-0.3, -0.25) is 0 Å². The molecular formula is C13H19ClFNOS. The molecule has 2 nitrogen and oxygen atoms in total. The summed E-state index contributed by atoms with van der Waals surface area (Å²) in [5.41, 5.74) is 0.988. The summed E-state index contributed by atoms with van der Waals surface area (Å²) < 4.78 is 13.0. The summed E-state index contributed by atoms with van der Waals surface area (Å²) >= 11 is 7.56. The molecule has 1 aromatic rings. The standard InChI is InChI=1S/C13H19ClFNOS/c1-10(16-5-8-18-7-2-6-17)11-3-4-13(15)12(14)9-11/h3-4,9-10,16-17H,2,5-8H2,1H3. The Morgan fingerprint density at radius 1 is 1.44 bits per heavy atom. The normalized spacial score (nSPS) is 12.7. The predicted octanol–water partition coefficient (Wildman–Crippen LogP) is 3.25. The van der Waals surface area contributed by atoms with Gasteiger partial charge in [-0.25, -0.2) is 4.39 Å². The van der Waals surface area contributed by atoms with Crippen molar-refractivity contribution >= 4 is 23.4 Å². The molecule has 0 fully saturated rings. The highest BCUT2D eigenvalue weighted by molar-refractivity contribution is 7.99. The van der Waals surface area contributed by atoms with Gasteiger partial charge in [-0.2, -0.15) is 11.8 Å². The second kappa shape index (κ2) is 8.75. The van der Waals surface area contributed by atoms with E-state index in [-0.39, 0.29) is 23.5 Å². The largest absolute Gasteiger partial charge is 0.396 e. The molecule has 0 saturated heterocycles. The third-order valence-electron chi connectivity index (χ3n) is 2.59. The maximum absolute atomic E-state index is 13.0. The van der Waals surface area contributed by atoms with Crippen molar-refractivity contribution < 1.29 is 9.50 Å². The maximum Gasteiger partial charge on any atom is 0.141 e. The molecule has 0 radical (unpaired) electrons. The molecule has 18 heavy (non-hydrogen) atoms. The lowest BCUT2D eigenvalue weighted by Gasteiger charge is -2.14. The molecule has 102 valence electrons. The molecule has 0 saturated carbocycles. The Morgan fingerprint density at radius 3 is 2.89 bits per heavy atom. The summed E-state index contributed by atoms with van der Waals surface area (Å²) in [7, 11) is 0. The fraction of sp³-hybridized carbons (Fsp3) is 0.538. The number of rotatable bonds is 8. The quantitative estimate of drug-likeness (QED) is 0.721. The number of hydrogen-bond donors (Lipinski definition) is 2. The highest BCUT2D eigenvalue weighted by atomic mass is 35.5. The second-order valence-electron chi connectivity index (χ2n) is 4.04. The molecule has 0 aromatic heterocycles. The van der Waals surface area contributed by atoms with Crippen molar-refractivity contribution in [1.82, 2.24) is 5.32 Å². The molecule has 5 heteroatoms. The predicted molar refractivity (Wildman–Crippen MR) is 76.9 cm³/mol. The second-order valence-corrected chi connectivity index (χ2v) is 5.67. The molecule has 0 aliphatic carbocycles. The number of halogens is 2. The van der Waals surface area contributed by atoms with Gasteiger partial charge in [0, 0.05) is 24.9 Å². The number of nitrogens with one attached hydrogen (secondary N) is 1. The van der Waals surface area contributed by atoms with Crippen LogP contribution >= 0.6 is 23.4 Å². The van der Waals surface area contributed by atoms with Gasteiger partial charge in [-0.15, -0.1) is 0 Å². The lowest BCUT2D eigenvalue weighted by atomic mass is 10.1. The molecular weight excluding hydrogens is 273 g/mol. The van der Waals surface area contributed by atoms with Crippen molar-refractivity contribution in [2.24, 2.45) is 0 Å². The minimum atomic E-state index is -0.382. The minimum Gasteiger partial charge on any atom is -0.396 e. The Morgan fingerprint density at radius 2 is 2.22 bits per heavy atom. The van der Waals surface area contributed by atoms with E-state index in [1.165, 1.54) is 6.07 Å². The van der Waals surface area contributed by atoms with E-state index in [9.17, 15) is 4.39 Å². The Hall–Kier alpha value is -0.290. The number of aliphatic hydroxyl groups is 1. The fourth-order valence-corrected chi connectivity index (χ4v) is 2.50. The number of hydrogen-bond acceptors (Lipinski definition) is 3. The van der Waals surface area contributed by atoms with E-state index in [1.807, 2.05) is 18.7 Å². The monoisotopic (exact) mass is 291 g/mol. The van der Waals surface area contributed by atoms with E-state index in [2.05, 4.69) is 5.32 Å². The van der Waals surface area contributed by atoms with Crippen molar-refractivity contribution in [2.45, 2.75) is 19.4 Å². The third kappa shape index (κ3) is 5.57. The van der Waals surface area contributed by atoms with Gasteiger partial charge in [0.2, 0.25) is 0 Å². The zero-order valence-electron chi connectivity index (χ0n) is 10.5. The summed E-state index contributed by atoms with van der Waals surface area (Å²) in [5.74, 6) is 1.60. The molecule has 0 aliphatic heterocycles. The van der Waals surface area contributed by atoms with Crippen LogP contribution < -0.4 is 5.32 Å².